The summed E-state index contributed by atoms with van der Waals surface area (Å²) in [6.45, 7) is 1.77. The SMILES string of the molecule is COc1ccc(NC(=O)[C@H](C)Sc2nnc3c(=O)n(-c4ccccc4)ccn23)cc1. The molecule has 4 aromatic rings. The lowest BCUT2D eigenvalue weighted by Crippen LogP contribution is -2.23. The second-order valence-corrected chi connectivity index (χ2v) is 7.77. The highest BCUT2D eigenvalue weighted by Crippen LogP contribution is 2.23. The molecule has 0 saturated carbocycles. The fourth-order valence-electron chi connectivity index (χ4n) is 2.87. The van der Waals surface area contributed by atoms with E-state index >= 15 is 0 Å². The maximum Gasteiger partial charge on any atom is 0.300 e. The highest BCUT2D eigenvalue weighted by atomic mass is 32.2. The van der Waals surface area contributed by atoms with Crippen LogP contribution in [0.15, 0.2) is 76.9 Å². The summed E-state index contributed by atoms with van der Waals surface area (Å²) >= 11 is 1.23. The van der Waals surface area contributed by atoms with Crippen molar-refractivity contribution >= 4 is 29.0 Å². The number of nitrogens with one attached hydrogen (secondary N) is 1. The Hall–Kier alpha value is -3.59. The van der Waals surface area contributed by atoms with Crippen LogP contribution in [0.1, 0.15) is 6.92 Å². The van der Waals surface area contributed by atoms with Crippen LogP contribution in [0.5, 0.6) is 5.75 Å². The van der Waals surface area contributed by atoms with E-state index in [2.05, 4.69) is 15.5 Å². The molecule has 1 amide bonds. The molecule has 0 fully saturated rings. The molecule has 1 atom stereocenters. The first-order valence-electron chi connectivity index (χ1n) is 9.20. The number of fused-ring (bicyclic) bond motifs is 1. The number of nitrogens with zero attached hydrogens (tertiary/aromatic N) is 4. The highest BCUT2D eigenvalue weighted by molar-refractivity contribution is 8.00. The Morgan fingerprint density at radius 1 is 1.07 bits per heavy atom. The van der Waals surface area contributed by atoms with Gasteiger partial charge in [-0.2, -0.15) is 0 Å². The molecule has 9 heteroatoms. The summed E-state index contributed by atoms with van der Waals surface area (Å²) in [7, 11) is 1.59. The number of para-hydroxylation sites is 1. The van der Waals surface area contributed by atoms with E-state index in [4.69, 9.17) is 4.74 Å². The largest absolute Gasteiger partial charge is 0.497 e. The first-order valence-corrected chi connectivity index (χ1v) is 10.1. The van der Waals surface area contributed by atoms with Gasteiger partial charge >= 0.3 is 5.56 Å². The van der Waals surface area contributed by atoms with Crippen LogP contribution < -0.4 is 15.6 Å². The van der Waals surface area contributed by atoms with Gasteiger partial charge in [0.1, 0.15) is 5.75 Å². The third-order valence-electron chi connectivity index (χ3n) is 4.48. The van der Waals surface area contributed by atoms with Gasteiger partial charge in [-0.15, -0.1) is 10.2 Å². The van der Waals surface area contributed by atoms with Gasteiger partial charge in [0.15, 0.2) is 5.16 Å². The van der Waals surface area contributed by atoms with E-state index in [1.54, 1.807) is 55.1 Å². The molecule has 152 valence electrons. The van der Waals surface area contributed by atoms with E-state index in [9.17, 15) is 9.59 Å². The minimum absolute atomic E-state index is 0.181. The molecule has 0 spiro atoms. The van der Waals surface area contributed by atoms with Gasteiger partial charge in [0.2, 0.25) is 11.6 Å². The van der Waals surface area contributed by atoms with Crippen LogP contribution in [0.4, 0.5) is 5.69 Å². The van der Waals surface area contributed by atoms with Crippen LogP contribution in [0.3, 0.4) is 0 Å². The summed E-state index contributed by atoms with van der Waals surface area (Å²) in [5.74, 6) is 0.533. The van der Waals surface area contributed by atoms with Gasteiger partial charge in [-0.05, 0) is 43.3 Å². The summed E-state index contributed by atoms with van der Waals surface area (Å²) in [5, 5.41) is 11.0. The summed E-state index contributed by atoms with van der Waals surface area (Å²) in [6.07, 6.45) is 3.39. The van der Waals surface area contributed by atoms with Crippen LogP contribution in [-0.2, 0) is 4.79 Å². The predicted molar refractivity (Wildman–Crippen MR) is 116 cm³/mol. The van der Waals surface area contributed by atoms with Crippen molar-refractivity contribution in [3.63, 3.8) is 0 Å². The second-order valence-electron chi connectivity index (χ2n) is 6.46. The van der Waals surface area contributed by atoms with Gasteiger partial charge in [-0.25, -0.2) is 0 Å². The lowest BCUT2D eigenvalue weighted by atomic mass is 10.3. The number of benzene rings is 2. The number of methoxy groups -OCH3 is 1. The first-order chi connectivity index (χ1) is 14.6. The maximum atomic E-state index is 12.8. The highest BCUT2D eigenvalue weighted by Gasteiger charge is 2.19. The topological polar surface area (TPSA) is 90.5 Å². The third kappa shape index (κ3) is 3.92. The Bertz CT molecular complexity index is 1240. The van der Waals surface area contributed by atoms with Crippen molar-refractivity contribution in [2.45, 2.75) is 17.3 Å². The fourth-order valence-corrected chi connectivity index (χ4v) is 3.70. The molecule has 0 unspecified atom stereocenters. The number of carbonyl (C=O) groups is 1. The van der Waals surface area contributed by atoms with Crippen LogP contribution in [0, 0.1) is 0 Å². The number of rotatable bonds is 6. The Morgan fingerprint density at radius 3 is 2.50 bits per heavy atom. The van der Waals surface area contributed by atoms with E-state index in [-0.39, 0.29) is 17.1 Å². The molecule has 0 radical (unpaired) electrons. The number of carbonyl (C=O) groups excluding carboxylic acids is 1. The molecule has 0 aliphatic rings. The van der Waals surface area contributed by atoms with Crippen molar-refractivity contribution < 1.29 is 9.53 Å². The lowest BCUT2D eigenvalue weighted by Gasteiger charge is -2.11. The zero-order valence-corrected chi connectivity index (χ0v) is 17.2. The van der Waals surface area contributed by atoms with Crippen molar-refractivity contribution in [3.05, 3.63) is 77.3 Å². The molecule has 0 aliphatic carbocycles. The number of anilines is 1. The number of amides is 1. The van der Waals surface area contributed by atoms with E-state index in [0.29, 0.717) is 16.6 Å². The first kappa shape index (κ1) is 19.7. The number of aromatic nitrogens is 4. The van der Waals surface area contributed by atoms with Crippen molar-refractivity contribution in [2.24, 2.45) is 0 Å². The smallest absolute Gasteiger partial charge is 0.300 e. The maximum absolute atomic E-state index is 12.8. The van der Waals surface area contributed by atoms with Gasteiger partial charge in [0.05, 0.1) is 12.4 Å². The Kier molecular flexibility index (Phi) is 5.53. The van der Waals surface area contributed by atoms with Crippen molar-refractivity contribution in [2.75, 3.05) is 12.4 Å². The molecule has 2 aromatic carbocycles. The molecule has 30 heavy (non-hydrogen) atoms. The molecule has 4 rings (SSSR count). The van der Waals surface area contributed by atoms with Gasteiger partial charge in [-0.1, -0.05) is 30.0 Å². The average molecular weight is 421 g/mol. The molecular weight excluding hydrogens is 402 g/mol. The van der Waals surface area contributed by atoms with Crippen LogP contribution in [0.25, 0.3) is 11.3 Å². The third-order valence-corrected chi connectivity index (χ3v) is 5.54. The normalized spacial score (nSPS) is 11.9. The average Bonchev–Trinajstić information content (AvgIpc) is 3.18. The van der Waals surface area contributed by atoms with Crippen molar-refractivity contribution in [1.29, 1.82) is 0 Å². The van der Waals surface area contributed by atoms with Gasteiger partial charge in [0, 0.05) is 23.8 Å². The van der Waals surface area contributed by atoms with Crippen molar-refractivity contribution in [1.82, 2.24) is 19.2 Å². The van der Waals surface area contributed by atoms with Crippen molar-refractivity contribution in [3.8, 4) is 11.4 Å². The zero-order valence-electron chi connectivity index (χ0n) is 16.4. The van der Waals surface area contributed by atoms with Crippen LogP contribution >= 0.6 is 11.8 Å². The molecule has 0 bridgehead atoms. The van der Waals surface area contributed by atoms with Crippen LogP contribution in [0.2, 0.25) is 0 Å². The standard InChI is InChI=1S/C21H19N5O3S/c1-14(19(27)22-15-8-10-17(29-2)11-9-15)30-21-24-23-18-20(28)25(12-13-26(18)21)16-6-4-3-5-7-16/h3-14H,1-2H3,(H,22,27)/t14-/m0/s1. The predicted octanol–water partition coefficient (Wildman–Crippen LogP) is 3.01. The van der Waals surface area contributed by atoms with E-state index < -0.39 is 5.25 Å². The zero-order chi connectivity index (χ0) is 21.1. The van der Waals surface area contributed by atoms with E-state index in [0.717, 1.165) is 5.69 Å². The molecule has 0 saturated heterocycles. The Morgan fingerprint density at radius 2 is 1.80 bits per heavy atom. The molecule has 2 heterocycles. The molecule has 2 aromatic heterocycles. The summed E-state index contributed by atoms with van der Waals surface area (Å²) in [4.78, 5) is 25.3. The van der Waals surface area contributed by atoms with Gasteiger partial charge in [0.25, 0.3) is 0 Å². The number of thioether (sulfide) groups is 1. The minimum Gasteiger partial charge on any atom is -0.497 e. The Labute approximate surface area is 176 Å². The lowest BCUT2D eigenvalue weighted by molar-refractivity contribution is -0.115. The molecule has 8 nitrogen and oxygen atoms in total. The number of hydrogen-bond donors (Lipinski definition) is 1. The van der Waals surface area contributed by atoms with Gasteiger partial charge < -0.3 is 10.1 Å². The fraction of sp³-hybridized carbons (Fsp3) is 0.143. The van der Waals surface area contributed by atoms with Crippen LogP contribution in [-0.4, -0.2) is 37.4 Å². The molecule has 0 aliphatic heterocycles. The monoisotopic (exact) mass is 421 g/mol. The summed E-state index contributed by atoms with van der Waals surface area (Å²) in [5.41, 5.74) is 1.34. The molecular formula is C21H19N5O3S. The Balaban J connectivity index is 1.52. The number of hydrogen-bond acceptors (Lipinski definition) is 6. The summed E-state index contributed by atoms with van der Waals surface area (Å²) < 4.78 is 8.23. The molecule has 1 N–H and O–H groups in total. The second kappa shape index (κ2) is 8.42. The van der Waals surface area contributed by atoms with E-state index in [1.807, 2.05) is 30.3 Å². The number of ether oxygens (including phenoxy) is 1. The van der Waals surface area contributed by atoms with E-state index in [1.165, 1.54) is 16.3 Å². The summed E-state index contributed by atoms with van der Waals surface area (Å²) in [6, 6.07) is 16.4. The minimum atomic E-state index is -0.448. The van der Waals surface area contributed by atoms with Gasteiger partial charge in [-0.3, -0.25) is 18.6 Å². The quantitative estimate of drug-likeness (QED) is 0.482.